The highest BCUT2D eigenvalue weighted by Crippen LogP contribution is 2.18. The second-order valence-electron chi connectivity index (χ2n) is 5.18. The van der Waals surface area contributed by atoms with Crippen LogP contribution >= 0.6 is 11.3 Å². The first-order valence-corrected chi connectivity index (χ1v) is 8.58. The van der Waals surface area contributed by atoms with Crippen molar-refractivity contribution in [2.75, 3.05) is 29.9 Å². The molecule has 1 aliphatic heterocycles. The largest absolute Gasteiger partial charge is 0.461 e. The SMILES string of the molecule is CCOC(=O)c1csc(NC(=O)c2ccc(N3CCCC3)nn2)n1. The van der Waals surface area contributed by atoms with Crippen molar-refractivity contribution in [1.82, 2.24) is 15.2 Å². The Bertz CT molecular complexity index is 725. The van der Waals surface area contributed by atoms with Crippen LogP contribution in [0, 0.1) is 0 Å². The number of thiazole rings is 1. The lowest BCUT2D eigenvalue weighted by molar-refractivity contribution is 0.0520. The van der Waals surface area contributed by atoms with E-state index in [4.69, 9.17) is 4.74 Å². The molecule has 1 amide bonds. The number of rotatable bonds is 5. The van der Waals surface area contributed by atoms with E-state index in [2.05, 4.69) is 25.4 Å². The number of aromatic nitrogens is 3. The molecule has 8 nitrogen and oxygen atoms in total. The van der Waals surface area contributed by atoms with E-state index in [1.165, 1.54) is 5.38 Å². The van der Waals surface area contributed by atoms with E-state index < -0.39 is 11.9 Å². The smallest absolute Gasteiger partial charge is 0.357 e. The number of carbonyl (C=O) groups excluding carboxylic acids is 2. The number of anilines is 2. The Morgan fingerprint density at radius 3 is 2.71 bits per heavy atom. The molecule has 2 aromatic rings. The van der Waals surface area contributed by atoms with E-state index in [0.29, 0.717) is 5.13 Å². The quantitative estimate of drug-likeness (QED) is 0.826. The van der Waals surface area contributed by atoms with Crippen molar-refractivity contribution in [3.05, 3.63) is 28.9 Å². The second kappa shape index (κ2) is 7.35. The first-order valence-electron chi connectivity index (χ1n) is 7.70. The molecule has 0 aromatic carbocycles. The van der Waals surface area contributed by atoms with Gasteiger partial charge in [0.25, 0.3) is 5.91 Å². The first kappa shape index (κ1) is 16.3. The van der Waals surface area contributed by atoms with Crippen LogP contribution < -0.4 is 10.2 Å². The summed E-state index contributed by atoms with van der Waals surface area (Å²) in [7, 11) is 0. The molecule has 0 radical (unpaired) electrons. The van der Waals surface area contributed by atoms with E-state index in [-0.39, 0.29) is 18.0 Å². The minimum atomic E-state index is -0.510. The third-order valence-corrected chi connectivity index (χ3v) is 4.28. The summed E-state index contributed by atoms with van der Waals surface area (Å²) >= 11 is 1.15. The highest BCUT2D eigenvalue weighted by molar-refractivity contribution is 7.14. The van der Waals surface area contributed by atoms with Crippen LogP contribution in [0.2, 0.25) is 0 Å². The fourth-order valence-electron chi connectivity index (χ4n) is 2.35. The highest BCUT2D eigenvalue weighted by Gasteiger charge is 2.17. The van der Waals surface area contributed by atoms with Crippen LogP contribution in [0.15, 0.2) is 17.5 Å². The topological polar surface area (TPSA) is 97.3 Å². The molecule has 0 spiro atoms. The Balaban J connectivity index is 1.63. The van der Waals surface area contributed by atoms with E-state index in [1.807, 2.05) is 0 Å². The fraction of sp³-hybridized carbons (Fsp3) is 0.400. The molecule has 2 aromatic heterocycles. The molecule has 1 N–H and O–H groups in total. The molecule has 0 bridgehead atoms. The van der Waals surface area contributed by atoms with Crippen LogP contribution in [-0.2, 0) is 4.74 Å². The van der Waals surface area contributed by atoms with E-state index >= 15 is 0 Å². The van der Waals surface area contributed by atoms with Crippen LogP contribution in [0.5, 0.6) is 0 Å². The molecular formula is C15H17N5O3S. The van der Waals surface area contributed by atoms with E-state index in [0.717, 1.165) is 43.1 Å². The van der Waals surface area contributed by atoms with Gasteiger partial charge in [-0.2, -0.15) is 0 Å². The average molecular weight is 347 g/mol. The van der Waals surface area contributed by atoms with Gasteiger partial charge in [0.05, 0.1) is 6.61 Å². The van der Waals surface area contributed by atoms with Crippen molar-refractivity contribution in [3.8, 4) is 0 Å². The number of carbonyl (C=O) groups is 2. The van der Waals surface area contributed by atoms with Gasteiger partial charge < -0.3 is 9.64 Å². The number of hydrogen-bond acceptors (Lipinski definition) is 8. The summed E-state index contributed by atoms with van der Waals surface area (Å²) in [6.45, 7) is 3.93. The number of amides is 1. The third kappa shape index (κ3) is 3.67. The summed E-state index contributed by atoms with van der Waals surface area (Å²) < 4.78 is 4.86. The van der Waals surface area contributed by atoms with Crippen LogP contribution in [0.4, 0.5) is 10.9 Å². The summed E-state index contributed by atoms with van der Waals surface area (Å²) in [5.41, 5.74) is 0.374. The van der Waals surface area contributed by atoms with Crippen LogP contribution in [0.3, 0.4) is 0 Å². The molecule has 1 aliphatic rings. The van der Waals surface area contributed by atoms with Crippen molar-refractivity contribution >= 4 is 34.2 Å². The van der Waals surface area contributed by atoms with Gasteiger partial charge >= 0.3 is 5.97 Å². The fourth-order valence-corrected chi connectivity index (χ4v) is 3.03. The zero-order valence-corrected chi connectivity index (χ0v) is 14.0. The molecule has 1 fully saturated rings. The van der Waals surface area contributed by atoms with Gasteiger partial charge in [0.1, 0.15) is 0 Å². The molecule has 9 heteroatoms. The van der Waals surface area contributed by atoms with Gasteiger partial charge in [-0.25, -0.2) is 9.78 Å². The molecular weight excluding hydrogens is 330 g/mol. The monoisotopic (exact) mass is 347 g/mol. The lowest BCUT2D eigenvalue weighted by Gasteiger charge is -2.14. The summed E-state index contributed by atoms with van der Waals surface area (Å²) in [5, 5.41) is 12.5. The van der Waals surface area contributed by atoms with Crippen molar-refractivity contribution in [2.45, 2.75) is 19.8 Å². The second-order valence-corrected chi connectivity index (χ2v) is 6.04. The molecule has 0 atom stereocenters. The Labute approximate surface area is 142 Å². The molecule has 126 valence electrons. The third-order valence-electron chi connectivity index (χ3n) is 3.52. The van der Waals surface area contributed by atoms with Crippen molar-refractivity contribution in [1.29, 1.82) is 0 Å². The predicted molar refractivity (Wildman–Crippen MR) is 89.5 cm³/mol. The van der Waals surface area contributed by atoms with E-state index in [1.54, 1.807) is 19.1 Å². The zero-order chi connectivity index (χ0) is 16.9. The number of esters is 1. The molecule has 0 unspecified atom stereocenters. The Kier molecular flexibility index (Phi) is 4.99. The van der Waals surface area contributed by atoms with Crippen molar-refractivity contribution < 1.29 is 14.3 Å². The average Bonchev–Trinajstić information content (AvgIpc) is 3.27. The number of ether oxygens (including phenoxy) is 1. The molecule has 24 heavy (non-hydrogen) atoms. The Morgan fingerprint density at radius 2 is 2.04 bits per heavy atom. The maximum Gasteiger partial charge on any atom is 0.357 e. The van der Waals surface area contributed by atoms with Gasteiger partial charge in [0.2, 0.25) is 0 Å². The minimum Gasteiger partial charge on any atom is -0.461 e. The van der Waals surface area contributed by atoms with Gasteiger partial charge in [0, 0.05) is 18.5 Å². The van der Waals surface area contributed by atoms with Crippen molar-refractivity contribution in [2.24, 2.45) is 0 Å². The molecule has 1 saturated heterocycles. The standard InChI is InChI=1S/C15H17N5O3S/c1-2-23-14(22)11-9-24-15(16-11)17-13(21)10-5-6-12(19-18-10)20-7-3-4-8-20/h5-6,9H,2-4,7-8H2,1H3,(H,16,17,21). The Hall–Kier alpha value is -2.55. The molecule has 3 rings (SSSR count). The van der Waals surface area contributed by atoms with Crippen LogP contribution in [-0.4, -0.2) is 46.8 Å². The van der Waals surface area contributed by atoms with Gasteiger partial charge in [-0.3, -0.25) is 10.1 Å². The lowest BCUT2D eigenvalue weighted by atomic mass is 10.3. The first-order chi connectivity index (χ1) is 11.7. The maximum absolute atomic E-state index is 12.2. The lowest BCUT2D eigenvalue weighted by Crippen LogP contribution is -2.21. The van der Waals surface area contributed by atoms with Gasteiger partial charge in [-0.15, -0.1) is 21.5 Å². The normalized spacial score (nSPS) is 13.8. The zero-order valence-electron chi connectivity index (χ0n) is 13.2. The molecule has 0 aliphatic carbocycles. The predicted octanol–water partition coefficient (Wildman–Crippen LogP) is 1.96. The summed E-state index contributed by atoms with van der Waals surface area (Å²) in [6, 6.07) is 3.43. The summed E-state index contributed by atoms with van der Waals surface area (Å²) in [4.78, 5) is 29.9. The summed E-state index contributed by atoms with van der Waals surface area (Å²) in [5.74, 6) is -0.146. The Morgan fingerprint density at radius 1 is 1.25 bits per heavy atom. The summed E-state index contributed by atoms with van der Waals surface area (Å²) in [6.07, 6.45) is 2.30. The highest BCUT2D eigenvalue weighted by atomic mass is 32.1. The van der Waals surface area contributed by atoms with E-state index in [9.17, 15) is 9.59 Å². The van der Waals surface area contributed by atoms with Crippen molar-refractivity contribution in [3.63, 3.8) is 0 Å². The van der Waals surface area contributed by atoms with Gasteiger partial charge in [-0.1, -0.05) is 0 Å². The number of nitrogens with one attached hydrogen (secondary N) is 1. The van der Waals surface area contributed by atoms with Crippen LogP contribution in [0.25, 0.3) is 0 Å². The minimum absolute atomic E-state index is 0.174. The number of nitrogens with zero attached hydrogens (tertiary/aromatic N) is 4. The van der Waals surface area contributed by atoms with Gasteiger partial charge in [0.15, 0.2) is 22.3 Å². The maximum atomic E-state index is 12.2. The van der Waals surface area contributed by atoms with Gasteiger partial charge in [-0.05, 0) is 31.9 Å². The van der Waals surface area contributed by atoms with Crippen LogP contribution in [0.1, 0.15) is 40.7 Å². The molecule has 3 heterocycles. The molecule has 0 saturated carbocycles. The number of hydrogen-bond donors (Lipinski definition) is 1.